The van der Waals surface area contributed by atoms with E-state index in [1.165, 1.54) is 5.57 Å². The maximum atomic E-state index is 12.5. The fourth-order valence-electron chi connectivity index (χ4n) is 5.10. The molecule has 2 N–H and O–H groups in total. The molecule has 3 rings (SSSR count). The maximum Gasteiger partial charge on any atom is 0.338 e. The van der Waals surface area contributed by atoms with E-state index in [0.717, 1.165) is 61.6 Å². The Hall–Kier alpha value is -3.49. The SMILES string of the molecule is C=C/C=C(\C=C/C)CN1CCCC(Nc2nc3ccc(C(=O)OCC)cc3n2CCC(=N/C(C)=C\C)C(C)O)CC1. The molecule has 0 saturated carbocycles. The number of imidazole rings is 1. The van der Waals surface area contributed by atoms with Gasteiger partial charge in [0.05, 0.1) is 29.3 Å². The summed E-state index contributed by atoms with van der Waals surface area (Å²) in [6.45, 7) is 17.1. The van der Waals surface area contributed by atoms with Gasteiger partial charge in [-0.25, -0.2) is 9.78 Å². The Balaban J connectivity index is 1.87. The summed E-state index contributed by atoms with van der Waals surface area (Å²) in [7, 11) is 0. The molecule has 1 fully saturated rings. The first-order valence-corrected chi connectivity index (χ1v) is 14.8. The number of hydrogen-bond acceptors (Lipinski definition) is 7. The van der Waals surface area contributed by atoms with Crippen molar-refractivity contribution in [2.75, 3.05) is 31.6 Å². The molecule has 0 amide bonds. The number of nitrogens with zero attached hydrogens (tertiary/aromatic N) is 4. The van der Waals surface area contributed by atoms with Gasteiger partial charge in [0.15, 0.2) is 0 Å². The molecule has 0 spiro atoms. The molecule has 0 bridgehead atoms. The number of carbonyl (C=O) groups excluding carboxylic acids is 1. The van der Waals surface area contributed by atoms with Gasteiger partial charge >= 0.3 is 5.97 Å². The summed E-state index contributed by atoms with van der Waals surface area (Å²) in [6.07, 6.45) is 13.1. The van der Waals surface area contributed by atoms with Crippen LogP contribution >= 0.6 is 0 Å². The van der Waals surface area contributed by atoms with Gasteiger partial charge in [0.1, 0.15) is 0 Å². The van der Waals surface area contributed by atoms with Crippen LogP contribution < -0.4 is 5.32 Å². The number of esters is 1. The van der Waals surface area contributed by atoms with Crippen molar-refractivity contribution >= 4 is 28.7 Å². The van der Waals surface area contributed by atoms with Gasteiger partial charge in [0.25, 0.3) is 0 Å². The first kappa shape index (κ1) is 32.0. The molecule has 8 nitrogen and oxygen atoms in total. The van der Waals surface area contributed by atoms with Crippen molar-refractivity contribution in [3.63, 3.8) is 0 Å². The molecule has 2 unspecified atom stereocenters. The van der Waals surface area contributed by atoms with Crippen LogP contribution in [0.2, 0.25) is 0 Å². The van der Waals surface area contributed by atoms with Crippen molar-refractivity contribution in [1.82, 2.24) is 14.5 Å². The lowest BCUT2D eigenvalue weighted by molar-refractivity contribution is 0.0526. The van der Waals surface area contributed by atoms with E-state index in [0.29, 0.717) is 30.8 Å². The van der Waals surface area contributed by atoms with Gasteiger partial charge < -0.3 is 19.7 Å². The molecule has 2 aromatic rings. The van der Waals surface area contributed by atoms with Crippen LogP contribution in [0.4, 0.5) is 5.95 Å². The number of allylic oxidation sites excluding steroid dienone is 5. The Morgan fingerprint density at radius 3 is 2.80 bits per heavy atom. The number of aliphatic hydroxyl groups excluding tert-OH is 1. The lowest BCUT2D eigenvalue weighted by Crippen LogP contribution is -2.28. The highest BCUT2D eigenvalue weighted by Crippen LogP contribution is 2.25. The molecule has 1 aromatic heterocycles. The molecule has 0 radical (unpaired) electrons. The first-order chi connectivity index (χ1) is 19.8. The van der Waals surface area contributed by atoms with E-state index in [-0.39, 0.29) is 12.0 Å². The van der Waals surface area contributed by atoms with Gasteiger partial charge in [-0.2, -0.15) is 0 Å². The molecular formula is C33H47N5O3. The molecule has 1 aliphatic heterocycles. The number of ether oxygens (including phenoxy) is 1. The van der Waals surface area contributed by atoms with Gasteiger partial charge in [-0.1, -0.05) is 37.0 Å². The molecule has 8 heteroatoms. The highest BCUT2D eigenvalue weighted by molar-refractivity contribution is 5.94. The summed E-state index contributed by atoms with van der Waals surface area (Å²) in [5, 5.41) is 14.1. The fourth-order valence-corrected chi connectivity index (χ4v) is 5.10. The lowest BCUT2D eigenvalue weighted by atomic mass is 10.1. The van der Waals surface area contributed by atoms with E-state index in [4.69, 9.17) is 9.72 Å². The number of likely N-dealkylation sites (tertiary alicyclic amines) is 1. The Kier molecular flexibility index (Phi) is 12.6. The Morgan fingerprint density at radius 2 is 2.12 bits per heavy atom. The van der Waals surface area contributed by atoms with Crippen LogP contribution in [0.5, 0.6) is 0 Å². The smallest absolute Gasteiger partial charge is 0.338 e. The summed E-state index contributed by atoms with van der Waals surface area (Å²) >= 11 is 0. The van der Waals surface area contributed by atoms with E-state index in [9.17, 15) is 9.90 Å². The van der Waals surface area contributed by atoms with Gasteiger partial charge in [-0.05, 0) is 84.2 Å². The molecule has 1 saturated heterocycles. The van der Waals surface area contributed by atoms with E-state index in [1.807, 2.05) is 45.1 Å². The second-order valence-corrected chi connectivity index (χ2v) is 10.5. The molecule has 222 valence electrons. The quantitative estimate of drug-likeness (QED) is 0.169. The monoisotopic (exact) mass is 561 g/mol. The van der Waals surface area contributed by atoms with Crippen LogP contribution in [0.1, 0.15) is 70.7 Å². The van der Waals surface area contributed by atoms with E-state index >= 15 is 0 Å². The van der Waals surface area contributed by atoms with Gasteiger partial charge in [0, 0.05) is 43.5 Å². The van der Waals surface area contributed by atoms with Crippen molar-refractivity contribution in [1.29, 1.82) is 0 Å². The zero-order valence-corrected chi connectivity index (χ0v) is 25.4. The number of anilines is 1. The number of carbonyl (C=O) groups is 1. The van der Waals surface area contributed by atoms with E-state index < -0.39 is 6.10 Å². The summed E-state index contributed by atoms with van der Waals surface area (Å²) in [5.74, 6) is 0.423. The van der Waals surface area contributed by atoms with Crippen LogP contribution in [-0.2, 0) is 11.3 Å². The zero-order valence-electron chi connectivity index (χ0n) is 25.4. The Labute approximate surface area is 245 Å². The summed E-state index contributed by atoms with van der Waals surface area (Å²) in [6, 6.07) is 5.76. The van der Waals surface area contributed by atoms with Crippen LogP contribution in [0, 0.1) is 0 Å². The molecule has 1 aromatic carbocycles. The maximum absolute atomic E-state index is 12.5. The lowest BCUT2D eigenvalue weighted by Gasteiger charge is -2.21. The number of aryl methyl sites for hydroxylation is 1. The highest BCUT2D eigenvalue weighted by Gasteiger charge is 2.21. The average Bonchev–Trinajstić information content (AvgIpc) is 3.13. The number of rotatable bonds is 13. The second-order valence-electron chi connectivity index (χ2n) is 10.5. The average molecular weight is 562 g/mol. The summed E-state index contributed by atoms with van der Waals surface area (Å²) < 4.78 is 7.36. The third-order valence-corrected chi connectivity index (χ3v) is 7.34. The number of nitrogens with one attached hydrogen (secondary N) is 1. The van der Waals surface area contributed by atoms with Crippen molar-refractivity contribution in [2.45, 2.75) is 79.0 Å². The molecule has 41 heavy (non-hydrogen) atoms. The second kappa shape index (κ2) is 16.1. The van der Waals surface area contributed by atoms with Gasteiger partial charge in [-0.15, -0.1) is 0 Å². The topological polar surface area (TPSA) is 92.0 Å². The third kappa shape index (κ3) is 9.26. The molecule has 2 heterocycles. The minimum Gasteiger partial charge on any atom is -0.462 e. The number of aliphatic imine (C=N–C) groups is 1. The van der Waals surface area contributed by atoms with E-state index in [2.05, 4.69) is 44.6 Å². The molecule has 2 atom stereocenters. The normalized spacial score (nSPS) is 18.5. The minimum absolute atomic E-state index is 0.267. The minimum atomic E-state index is -0.665. The van der Waals surface area contributed by atoms with Crippen LogP contribution in [0.25, 0.3) is 11.0 Å². The first-order valence-electron chi connectivity index (χ1n) is 14.8. The number of aliphatic hydroxyl groups is 1. The number of hydrogen-bond donors (Lipinski definition) is 2. The predicted molar refractivity (Wildman–Crippen MR) is 170 cm³/mol. The molecule has 0 aliphatic carbocycles. The van der Waals surface area contributed by atoms with Crippen molar-refractivity contribution in [3.05, 3.63) is 72.0 Å². The van der Waals surface area contributed by atoms with Crippen LogP contribution in [-0.4, -0.2) is 69.6 Å². The standard InChI is InChI=1S/C33H47N5O3/c1-7-12-26(13-8-2)23-37-19-11-14-28(17-20-37)35-33-36-30-16-15-27(32(40)41-10-4)22-31(30)38(33)21-18-29(25(6)39)34-24(5)9-3/h7-9,12-13,15-16,22,25,28,39H,1,10-11,14,17-21,23H2,2-6H3,(H,35,36)/b13-8-,24-9-,26-12+,34-29?. The highest BCUT2D eigenvalue weighted by atomic mass is 16.5. The summed E-state index contributed by atoms with van der Waals surface area (Å²) in [4.78, 5) is 24.6. The van der Waals surface area contributed by atoms with Crippen LogP contribution in [0.3, 0.4) is 0 Å². The predicted octanol–water partition coefficient (Wildman–Crippen LogP) is 6.30. The molecule has 1 aliphatic rings. The number of fused-ring (bicyclic) bond motifs is 1. The van der Waals surface area contributed by atoms with Crippen molar-refractivity contribution in [3.8, 4) is 0 Å². The zero-order chi connectivity index (χ0) is 29.8. The van der Waals surface area contributed by atoms with Gasteiger partial charge in [0.2, 0.25) is 5.95 Å². The van der Waals surface area contributed by atoms with Gasteiger partial charge in [-0.3, -0.25) is 9.89 Å². The summed E-state index contributed by atoms with van der Waals surface area (Å²) in [5.41, 5.74) is 4.99. The van der Waals surface area contributed by atoms with Crippen LogP contribution in [0.15, 0.2) is 71.4 Å². The third-order valence-electron chi connectivity index (χ3n) is 7.34. The van der Waals surface area contributed by atoms with Crippen molar-refractivity contribution < 1.29 is 14.6 Å². The Morgan fingerprint density at radius 1 is 1.32 bits per heavy atom. The van der Waals surface area contributed by atoms with Crippen molar-refractivity contribution in [2.24, 2.45) is 4.99 Å². The fraction of sp³-hybridized carbons (Fsp3) is 0.485. The number of aromatic nitrogens is 2. The van der Waals surface area contributed by atoms with E-state index in [1.54, 1.807) is 19.9 Å². The number of benzene rings is 1. The largest absolute Gasteiger partial charge is 0.462 e. The molecular weight excluding hydrogens is 514 g/mol. The Bertz CT molecular complexity index is 1300.